The second kappa shape index (κ2) is 4.19. The SMILES string of the molecule is Cc1ccc([C@H](O)C2(CN)CC(C)C2)cc1. The summed E-state index contributed by atoms with van der Waals surface area (Å²) in [6.45, 7) is 4.85. The molecular weight excluding hydrogens is 198 g/mol. The summed E-state index contributed by atoms with van der Waals surface area (Å²) in [6.07, 6.45) is 1.67. The summed E-state index contributed by atoms with van der Waals surface area (Å²) in [5.41, 5.74) is 7.99. The maximum Gasteiger partial charge on any atom is 0.0858 e. The number of benzene rings is 1. The van der Waals surface area contributed by atoms with Crippen molar-refractivity contribution in [1.82, 2.24) is 0 Å². The predicted molar refractivity (Wildman–Crippen MR) is 66.0 cm³/mol. The van der Waals surface area contributed by atoms with Crippen LogP contribution in [0.5, 0.6) is 0 Å². The van der Waals surface area contributed by atoms with Crippen molar-refractivity contribution in [1.29, 1.82) is 0 Å². The fourth-order valence-electron chi connectivity index (χ4n) is 2.93. The molecule has 2 nitrogen and oxygen atoms in total. The second-order valence-corrected chi connectivity index (χ2v) is 5.39. The molecule has 0 unspecified atom stereocenters. The third kappa shape index (κ3) is 1.87. The van der Waals surface area contributed by atoms with E-state index >= 15 is 0 Å². The number of aryl methyl sites for hydroxylation is 1. The van der Waals surface area contributed by atoms with Gasteiger partial charge in [0.1, 0.15) is 0 Å². The second-order valence-electron chi connectivity index (χ2n) is 5.39. The van der Waals surface area contributed by atoms with E-state index in [9.17, 15) is 5.11 Å². The Morgan fingerprint density at radius 2 is 1.94 bits per heavy atom. The van der Waals surface area contributed by atoms with Crippen LogP contribution >= 0.6 is 0 Å². The molecule has 1 fully saturated rings. The molecule has 0 aliphatic heterocycles. The van der Waals surface area contributed by atoms with Gasteiger partial charge in [0.05, 0.1) is 6.10 Å². The molecule has 0 bridgehead atoms. The lowest BCUT2D eigenvalue weighted by atomic mass is 9.58. The van der Waals surface area contributed by atoms with E-state index in [1.807, 2.05) is 24.3 Å². The normalized spacial score (nSPS) is 30.9. The third-order valence-electron chi connectivity index (χ3n) is 3.89. The molecule has 2 heteroatoms. The van der Waals surface area contributed by atoms with Crippen molar-refractivity contribution in [2.75, 3.05) is 6.54 Å². The zero-order chi connectivity index (χ0) is 11.8. The molecular formula is C14H21NO. The van der Waals surface area contributed by atoms with Crippen molar-refractivity contribution in [2.24, 2.45) is 17.1 Å². The minimum atomic E-state index is -0.408. The molecule has 1 atom stereocenters. The number of hydrogen-bond acceptors (Lipinski definition) is 2. The molecule has 1 aromatic rings. The molecule has 1 aliphatic rings. The molecule has 0 heterocycles. The molecule has 0 saturated heterocycles. The van der Waals surface area contributed by atoms with Crippen LogP contribution in [0.15, 0.2) is 24.3 Å². The molecule has 3 N–H and O–H groups in total. The molecule has 88 valence electrons. The van der Waals surface area contributed by atoms with Crippen molar-refractivity contribution in [3.8, 4) is 0 Å². The van der Waals surface area contributed by atoms with Crippen LogP contribution in [0.25, 0.3) is 0 Å². The first-order chi connectivity index (χ1) is 7.57. The Bertz CT molecular complexity index is 352. The van der Waals surface area contributed by atoms with Crippen LogP contribution in [0, 0.1) is 18.3 Å². The molecule has 0 radical (unpaired) electrons. The van der Waals surface area contributed by atoms with E-state index in [1.165, 1.54) is 5.56 Å². The fourth-order valence-corrected chi connectivity index (χ4v) is 2.93. The first-order valence-electron chi connectivity index (χ1n) is 6.02. The maximum atomic E-state index is 10.4. The third-order valence-corrected chi connectivity index (χ3v) is 3.89. The average molecular weight is 219 g/mol. The minimum Gasteiger partial charge on any atom is -0.388 e. The molecule has 16 heavy (non-hydrogen) atoms. The van der Waals surface area contributed by atoms with Crippen LogP contribution < -0.4 is 5.73 Å². The van der Waals surface area contributed by atoms with Gasteiger partial charge in [0.15, 0.2) is 0 Å². The summed E-state index contributed by atoms with van der Waals surface area (Å²) in [4.78, 5) is 0. The summed E-state index contributed by atoms with van der Waals surface area (Å²) in [6, 6.07) is 8.12. The predicted octanol–water partition coefficient (Wildman–Crippen LogP) is 2.40. The molecule has 0 aromatic heterocycles. The number of hydrogen-bond donors (Lipinski definition) is 2. The van der Waals surface area contributed by atoms with E-state index < -0.39 is 6.10 Å². The highest BCUT2D eigenvalue weighted by Gasteiger charge is 2.46. The zero-order valence-electron chi connectivity index (χ0n) is 10.1. The lowest BCUT2D eigenvalue weighted by Crippen LogP contribution is -2.46. The molecule has 1 saturated carbocycles. The summed E-state index contributed by atoms with van der Waals surface area (Å²) in [5.74, 6) is 0.698. The molecule has 2 rings (SSSR count). The van der Waals surface area contributed by atoms with E-state index in [0.717, 1.165) is 18.4 Å². The Balaban J connectivity index is 2.18. The van der Waals surface area contributed by atoms with Gasteiger partial charge < -0.3 is 10.8 Å². The van der Waals surface area contributed by atoms with Crippen LogP contribution in [0.3, 0.4) is 0 Å². The minimum absolute atomic E-state index is 0.0747. The van der Waals surface area contributed by atoms with Crippen molar-refractivity contribution < 1.29 is 5.11 Å². The van der Waals surface area contributed by atoms with Gasteiger partial charge in [-0.25, -0.2) is 0 Å². The molecule has 0 amide bonds. The number of aliphatic hydroxyl groups excluding tert-OH is 1. The van der Waals surface area contributed by atoms with E-state index in [2.05, 4.69) is 13.8 Å². The molecule has 0 spiro atoms. The van der Waals surface area contributed by atoms with Gasteiger partial charge in [-0.3, -0.25) is 0 Å². The van der Waals surface area contributed by atoms with Gasteiger partial charge in [-0.05, 0) is 31.2 Å². The van der Waals surface area contributed by atoms with Crippen molar-refractivity contribution in [3.05, 3.63) is 35.4 Å². The fraction of sp³-hybridized carbons (Fsp3) is 0.571. The standard InChI is InChI=1S/C14H21NO/c1-10-3-5-12(6-4-10)13(16)14(9-15)7-11(2)8-14/h3-6,11,13,16H,7-9,15H2,1-2H3/t11?,13-,14?/m0/s1. The lowest BCUT2D eigenvalue weighted by molar-refractivity contribution is -0.0602. The first-order valence-corrected chi connectivity index (χ1v) is 6.02. The van der Waals surface area contributed by atoms with Crippen LogP contribution in [0.2, 0.25) is 0 Å². The monoisotopic (exact) mass is 219 g/mol. The van der Waals surface area contributed by atoms with Gasteiger partial charge in [0.25, 0.3) is 0 Å². The van der Waals surface area contributed by atoms with E-state index in [4.69, 9.17) is 5.73 Å². The molecule has 1 aliphatic carbocycles. The first kappa shape index (κ1) is 11.6. The maximum absolute atomic E-state index is 10.4. The Morgan fingerprint density at radius 1 is 1.38 bits per heavy atom. The Morgan fingerprint density at radius 3 is 2.38 bits per heavy atom. The van der Waals surface area contributed by atoms with Gasteiger partial charge in [0, 0.05) is 12.0 Å². The van der Waals surface area contributed by atoms with Crippen LogP contribution in [0.4, 0.5) is 0 Å². The largest absolute Gasteiger partial charge is 0.388 e. The number of aliphatic hydroxyl groups is 1. The number of nitrogens with two attached hydrogens (primary N) is 1. The van der Waals surface area contributed by atoms with Gasteiger partial charge in [-0.1, -0.05) is 36.8 Å². The van der Waals surface area contributed by atoms with Crippen molar-refractivity contribution >= 4 is 0 Å². The smallest absolute Gasteiger partial charge is 0.0858 e. The highest BCUT2D eigenvalue weighted by molar-refractivity contribution is 5.25. The molecule has 1 aromatic carbocycles. The zero-order valence-corrected chi connectivity index (χ0v) is 10.1. The van der Waals surface area contributed by atoms with Crippen LogP contribution in [-0.4, -0.2) is 11.7 Å². The summed E-state index contributed by atoms with van der Waals surface area (Å²) >= 11 is 0. The van der Waals surface area contributed by atoms with Crippen LogP contribution in [-0.2, 0) is 0 Å². The van der Waals surface area contributed by atoms with E-state index in [0.29, 0.717) is 12.5 Å². The van der Waals surface area contributed by atoms with Gasteiger partial charge in [0.2, 0.25) is 0 Å². The van der Waals surface area contributed by atoms with Crippen LogP contribution in [0.1, 0.15) is 37.0 Å². The highest BCUT2D eigenvalue weighted by atomic mass is 16.3. The van der Waals surface area contributed by atoms with Gasteiger partial charge in [-0.2, -0.15) is 0 Å². The van der Waals surface area contributed by atoms with Crippen molar-refractivity contribution in [3.63, 3.8) is 0 Å². The topological polar surface area (TPSA) is 46.2 Å². The average Bonchev–Trinajstić information content (AvgIpc) is 2.24. The van der Waals surface area contributed by atoms with Gasteiger partial charge >= 0.3 is 0 Å². The summed E-state index contributed by atoms with van der Waals surface area (Å²) in [7, 11) is 0. The van der Waals surface area contributed by atoms with Gasteiger partial charge in [-0.15, -0.1) is 0 Å². The lowest BCUT2D eigenvalue weighted by Gasteiger charge is -2.49. The van der Waals surface area contributed by atoms with E-state index in [-0.39, 0.29) is 5.41 Å². The quantitative estimate of drug-likeness (QED) is 0.820. The van der Waals surface area contributed by atoms with E-state index in [1.54, 1.807) is 0 Å². The Hall–Kier alpha value is -0.860. The Kier molecular flexibility index (Phi) is 3.04. The summed E-state index contributed by atoms with van der Waals surface area (Å²) < 4.78 is 0. The Labute approximate surface area is 97.5 Å². The summed E-state index contributed by atoms with van der Waals surface area (Å²) in [5, 5.41) is 10.4. The van der Waals surface area contributed by atoms with Crippen molar-refractivity contribution in [2.45, 2.75) is 32.8 Å². The highest BCUT2D eigenvalue weighted by Crippen LogP contribution is 2.52. The number of rotatable bonds is 3.